The van der Waals surface area contributed by atoms with E-state index in [0.717, 1.165) is 25.0 Å². The molecule has 130 valence electrons. The molecule has 2 rings (SSSR count). The van der Waals surface area contributed by atoms with Crippen LogP contribution in [0, 0.1) is 0 Å². The molecule has 10 heteroatoms. The Morgan fingerprint density at radius 3 is 2.50 bits per heavy atom. The van der Waals surface area contributed by atoms with Crippen LogP contribution < -0.4 is 11.2 Å². The van der Waals surface area contributed by atoms with Crippen LogP contribution in [0.3, 0.4) is 0 Å². The van der Waals surface area contributed by atoms with E-state index in [1.54, 1.807) is 4.90 Å². The van der Waals surface area contributed by atoms with Crippen molar-refractivity contribution in [3.8, 4) is 0 Å². The van der Waals surface area contributed by atoms with Crippen molar-refractivity contribution in [1.29, 1.82) is 0 Å². The number of hydrogen-bond donors (Lipinski definition) is 2. The Hall–Kier alpha value is -1.87. The van der Waals surface area contributed by atoms with Gasteiger partial charge in [-0.15, -0.1) is 0 Å². The predicted molar refractivity (Wildman–Crippen MR) is 90.1 cm³/mol. The van der Waals surface area contributed by atoms with Crippen molar-refractivity contribution in [1.82, 2.24) is 4.90 Å². The lowest BCUT2D eigenvalue weighted by Gasteiger charge is -2.16. The third kappa shape index (κ3) is 4.35. The Kier molecular flexibility index (Phi) is 5.66. The molecule has 1 aromatic carbocycles. The molecule has 1 fully saturated rings. The summed E-state index contributed by atoms with van der Waals surface area (Å²) in [5, 5.41) is 3.36. The lowest BCUT2D eigenvalue weighted by atomic mass is 10.2. The second-order valence-corrected chi connectivity index (χ2v) is 5.98. The van der Waals surface area contributed by atoms with Crippen LogP contribution in [0.5, 0.6) is 0 Å². The Labute approximate surface area is 146 Å². The second-order valence-electron chi connectivity index (χ2n) is 5.13. The van der Waals surface area contributed by atoms with Gasteiger partial charge in [0.25, 0.3) is 5.91 Å². The number of hydrogen-bond acceptors (Lipinski definition) is 4. The molecule has 3 N–H and O–H groups in total. The van der Waals surface area contributed by atoms with Crippen LogP contribution in [0.2, 0.25) is 5.02 Å². The van der Waals surface area contributed by atoms with Crippen molar-refractivity contribution in [3.63, 3.8) is 0 Å². The number of thiocarbonyl (C=S) groups is 1. The highest BCUT2D eigenvalue weighted by Crippen LogP contribution is 2.36. The summed E-state index contributed by atoms with van der Waals surface area (Å²) in [6, 6.07) is 3.19. The van der Waals surface area contributed by atoms with Crippen molar-refractivity contribution in [3.05, 3.63) is 28.8 Å². The van der Waals surface area contributed by atoms with Crippen LogP contribution in [-0.2, 0) is 11.0 Å². The van der Waals surface area contributed by atoms with E-state index in [1.165, 1.54) is 6.07 Å². The molecule has 0 aromatic heterocycles. The third-order valence-corrected chi connectivity index (χ3v) is 3.92. The average molecular weight is 379 g/mol. The minimum absolute atomic E-state index is 0.00898. The number of nitrogens with zero attached hydrogens (tertiary/aromatic N) is 2. The smallest absolute Gasteiger partial charge is 0.388 e. The van der Waals surface area contributed by atoms with Gasteiger partial charge in [-0.1, -0.05) is 23.8 Å². The molecule has 0 atom stereocenters. The molecule has 1 saturated heterocycles. The molecule has 0 spiro atoms. The molecule has 1 heterocycles. The van der Waals surface area contributed by atoms with Crippen LogP contribution in [0.1, 0.15) is 18.4 Å². The SMILES string of the molecule is NC(=S)/C(=N/Nc1ccc(Cl)c(C(F)(F)F)c1)C(=O)N1CCCC1. The first-order valence-electron chi connectivity index (χ1n) is 6.99. The van der Waals surface area contributed by atoms with Gasteiger partial charge < -0.3 is 10.6 Å². The van der Waals surface area contributed by atoms with Gasteiger partial charge in [0.1, 0.15) is 4.99 Å². The van der Waals surface area contributed by atoms with E-state index in [1.807, 2.05) is 0 Å². The van der Waals surface area contributed by atoms with Gasteiger partial charge >= 0.3 is 6.18 Å². The number of nitrogens with one attached hydrogen (secondary N) is 1. The number of anilines is 1. The quantitative estimate of drug-likeness (QED) is 0.480. The molecule has 24 heavy (non-hydrogen) atoms. The number of amides is 1. The number of hydrazone groups is 1. The molecule has 1 aliphatic rings. The summed E-state index contributed by atoms with van der Waals surface area (Å²) in [5.41, 5.74) is 6.69. The van der Waals surface area contributed by atoms with Crippen molar-refractivity contribution in [2.45, 2.75) is 19.0 Å². The van der Waals surface area contributed by atoms with Gasteiger partial charge in [-0.3, -0.25) is 10.2 Å². The fourth-order valence-corrected chi connectivity index (χ4v) is 2.57. The normalized spacial score (nSPS) is 15.5. The van der Waals surface area contributed by atoms with Gasteiger partial charge in [0.15, 0.2) is 5.71 Å². The standard InChI is InChI=1S/C14H14ClF3N4OS/c15-10-4-3-8(7-9(10)14(16,17)18)20-21-11(12(19)24)13(23)22-5-1-2-6-22/h3-4,7,20H,1-2,5-6H2,(H2,19,24)/b21-11-. The van der Waals surface area contributed by atoms with E-state index in [2.05, 4.69) is 10.5 Å². The summed E-state index contributed by atoms with van der Waals surface area (Å²) in [4.78, 5) is 13.6. The summed E-state index contributed by atoms with van der Waals surface area (Å²) in [7, 11) is 0. The molecule has 1 amide bonds. The zero-order chi connectivity index (χ0) is 17.9. The van der Waals surface area contributed by atoms with E-state index >= 15 is 0 Å². The lowest BCUT2D eigenvalue weighted by molar-refractivity contribution is -0.137. The van der Waals surface area contributed by atoms with Gasteiger partial charge in [0.05, 0.1) is 16.3 Å². The zero-order valence-corrected chi connectivity index (χ0v) is 13.9. The van der Waals surface area contributed by atoms with Crippen molar-refractivity contribution in [2.75, 3.05) is 18.5 Å². The number of alkyl halides is 3. The molecular weight excluding hydrogens is 365 g/mol. The number of halogens is 4. The first-order valence-corrected chi connectivity index (χ1v) is 7.78. The van der Waals surface area contributed by atoms with Gasteiger partial charge in [0.2, 0.25) is 0 Å². The van der Waals surface area contributed by atoms with E-state index in [0.29, 0.717) is 13.1 Å². The third-order valence-electron chi connectivity index (χ3n) is 3.40. The number of carbonyl (C=O) groups excluding carboxylic acids is 1. The fraction of sp³-hybridized carbons (Fsp3) is 0.357. The van der Waals surface area contributed by atoms with Gasteiger partial charge in [-0.05, 0) is 31.0 Å². The van der Waals surface area contributed by atoms with Crippen molar-refractivity contribution >= 4 is 46.1 Å². The van der Waals surface area contributed by atoms with E-state index in [-0.39, 0.29) is 16.4 Å². The van der Waals surface area contributed by atoms with Gasteiger partial charge in [-0.25, -0.2) is 0 Å². The van der Waals surface area contributed by atoms with Crippen LogP contribution in [0.4, 0.5) is 18.9 Å². The lowest BCUT2D eigenvalue weighted by Crippen LogP contribution is -2.40. The fourth-order valence-electron chi connectivity index (χ4n) is 2.21. The summed E-state index contributed by atoms with van der Waals surface area (Å²) >= 11 is 10.4. The molecule has 0 bridgehead atoms. The summed E-state index contributed by atoms with van der Waals surface area (Å²) < 4.78 is 38.5. The second kappa shape index (κ2) is 7.35. The topological polar surface area (TPSA) is 70.7 Å². The van der Waals surface area contributed by atoms with Crippen LogP contribution in [0.15, 0.2) is 23.3 Å². The zero-order valence-electron chi connectivity index (χ0n) is 12.4. The van der Waals surface area contributed by atoms with E-state index in [9.17, 15) is 18.0 Å². The van der Waals surface area contributed by atoms with E-state index in [4.69, 9.17) is 29.6 Å². The highest BCUT2D eigenvalue weighted by Gasteiger charge is 2.33. The predicted octanol–water partition coefficient (Wildman–Crippen LogP) is 3.04. The minimum Gasteiger partial charge on any atom is -0.388 e. The molecule has 0 saturated carbocycles. The maximum atomic E-state index is 12.8. The summed E-state index contributed by atoms with van der Waals surface area (Å²) in [6.07, 6.45) is -2.86. The first kappa shape index (κ1) is 18.5. The number of nitrogens with two attached hydrogens (primary N) is 1. The number of rotatable bonds is 4. The Morgan fingerprint density at radius 1 is 1.33 bits per heavy atom. The summed E-state index contributed by atoms with van der Waals surface area (Å²) in [6.45, 7) is 1.14. The summed E-state index contributed by atoms with van der Waals surface area (Å²) in [5.74, 6) is -0.447. The molecular formula is C14H14ClF3N4OS. The van der Waals surface area contributed by atoms with Crippen LogP contribution >= 0.6 is 23.8 Å². The largest absolute Gasteiger partial charge is 0.417 e. The minimum atomic E-state index is -4.60. The monoisotopic (exact) mass is 378 g/mol. The van der Waals surface area contributed by atoms with Crippen molar-refractivity contribution < 1.29 is 18.0 Å². The molecule has 0 radical (unpaired) electrons. The molecule has 1 aromatic rings. The van der Waals surface area contributed by atoms with Crippen molar-refractivity contribution in [2.24, 2.45) is 10.8 Å². The highest BCUT2D eigenvalue weighted by molar-refractivity contribution is 7.82. The molecule has 1 aliphatic heterocycles. The molecule has 0 unspecified atom stereocenters. The maximum Gasteiger partial charge on any atom is 0.417 e. The van der Waals surface area contributed by atoms with Crippen LogP contribution in [0.25, 0.3) is 0 Å². The molecule has 5 nitrogen and oxygen atoms in total. The van der Waals surface area contributed by atoms with E-state index < -0.39 is 22.7 Å². The maximum absolute atomic E-state index is 12.8. The molecule has 0 aliphatic carbocycles. The van der Waals surface area contributed by atoms with Crippen LogP contribution in [-0.4, -0.2) is 34.6 Å². The van der Waals surface area contributed by atoms with Gasteiger partial charge in [0, 0.05) is 13.1 Å². The first-order chi connectivity index (χ1) is 11.2. The Balaban J connectivity index is 2.23. The number of benzene rings is 1. The number of carbonyl (C=O) groups is 1. The Morgan fingerprint density at radius 2 is 1.96 bits per heavy atom. The average Bonchev–Trinajstić information content (AvgIpc) is 3.01. The van der Waals surface area contributed by atoms with Gasteiger partial charge in [-0.2, -0.15) is 18.3 Å². The number of likely N-dealkylation sites (tertiary alicyclic amines) is 1. The Bertz CT molecular complexity index is 687. The highest BCUT2D eigenvalue weighted by atomic mass is 35.5.